The van der Waals surface area contributed by atoms with Crippen molar-refractivity contribution in [2.75, 3.05) is 31.6 Å². The van der Waals surface area contributed by atoms with Gasteiger partial charge in [0.2, 0.25) is 0 Å². The Balaban J connectivity index is 1.37. The highest BCUT2D eigenvalue weighted by atomic mass is 32.1. The number of aryl methyl sites for hydroxylation is 2. The first-order valence-corrected chi connectivity index (χ1v) is 12.9. The summed E-state index contributed by atoms with van der Waals surface area (Å²) in [6.45, 7) is 6.48. The van der Waals surface area contributed by atoms with Crippen LogP contribution in [-0.2, 0) is 24.1 Å². The first kappa shape index (κ1) is 21.0. The van der Waals surface area contributed by atoms with Crippen LogP contribution in [0.3, 0.4) is 0 Å². The number of nitrogens with one attached hydrogen (secondary N) is 1. The van der Waals surface area contributed by atoms with Crippen molar-refractivity contribution in [1.29, 1.82) is 0 Å². The predicted octanol–water partition coefficient (Wildman–Crippen LogP) is 5.73. The van der Waals surface area contributed by atoms with Gasteiger partial charge in [0.1, 0.15) is 16.5 Å². The van der Waals surface area contributed by atoms with Crippen LogP contribution in [0.5, 0.6) is 0 Å². The smallest absolute Gasteiger partial charge is 0.146 e. The number of ether oxygens (including phenoxy) is 1. The summed E-state index contributed by atoms with van der Waals surface area (Å²) in [6, 6.07) is 15.5. The average molecular weight is 459 g/mol. The molecular formula is C27H30N4OS. The Hall–Kier alpha value is -2.54. The molecule has 1 N–H and O–H groups in total. The number of benzene rings is 2. The molecule has 1 aliphatic heterocycles. The molecule has 170 valence electrons. The fourth-order valence-electron chi connectivity index (χ4n) is 5.10. The summed E-state index contributed by atoms with van der Waals surface area (Å²) < 4.78 is 5.53. The molecule has 0 spiro atoms. The molecular weight excluding hydrogens is 428 g/mol. The SMILES string of the molecule is C[C@H](Nc1nc(CN2CCOCC2)nc2sc3c(c12)CCCC3)c1ccc2ccccc2c1. The van der Waals surface area contributed by atoms with Crippen molar-refractivity contribution in [3.63, 3.8) is 0 Å². The minimum atomic E-state index is 0.156. The lowest BCUT2D eigenvalue weighted by atomic mass is 9.96. The normalized spacial score (nSPS) is 17.8. The van der Waals surface area contributed by atoms with Gasteiger partial charge < -0.3 is 10.1 Å². The van der Waals surface area contributed by atoms with Crippen molar-refractivity contribution in [1.82, 2.24) is 14.9 Å². The molecule has 0 unspecified atom stereocenters. The molecule has 5 nitrogen and oxygen atoms in total. The van der Waals surface area contributed by atoms with Crippen LogP contribution in [0.1, 0.15) is 47.6 Å². The maximum absolute atomic E-state index is 5.53. The number of fused-ring (bicyclic) bond motifs is 4. The molecule has 4 aromatic rings. The zero-order valence-electron chi connectivity index (χ0n) is 19.1. The first-order chi connectivity index (χ1) is 16.2. The van der Waals surface area contributed by atoms with Crippen LogP contribution >= 0.6 is 11.3 Å². The van der Waals surface area contributed by atoms with E-state index < -0.39 is 0 Å². The fourth-order valence-corrected chi connectivity index (χ4v) is 6.38. The van der Waals surface area contributed by atoms with Gasteiger partial charge in [-0.1, -0.05) is 36.4 Å². The Bertz CT molecular complexity index is 1290. The molecule has 1 fully saturated rings. The lowest BCUT2D eigenvalue weighted by Crippen LogP contribution is -2.36. The summed E-state index contributed by atoms with van der Waals surface area (Å²) in [5.74, 6) is 1.92. The van der Waals surface area contributed by atoms with E-state index in [-0.39, 0.29) is 6.04 Å². The van der Waals surface area contributed by atoms with E-state index in [1.165, 1.54) is 51.4 Å². The van der Waals surface area contributed by atoms with E-state index in [1.54, 1.807) is 0 Å². The number of aromatic nitrogens is 2. The number of hydrogen-bond acceptors (Lipinski definition) is 6. The highest BCUT2D eigenvalue weighted by molar-refractivity contribution is 7.19. The molecule has 0 bridgehead atoms. The second-order valence-corrected chi connectivity index (χ2v) is 10.3. The highest BCUT2D eigenvalue weighted by Crippen LogP contribution is 2.39. The number of thiophene rings is 1. The van der Waals surface area contributed by atoms with E-state index in [0.717, 1.165) is 55.7 Å². The topological polar surface area (TPSA) is 50.3 Å². The van der Waals surface area contributed by atoms with Crippen LogP contribution in [0.25, 0.3) is 21.0 Å². The summed E-state index contributed by atoms with van der Waals surface area (Å²) in [5, 5.41) is 7.60. The zero-order valence-corrected chi connectivity index (χ0v) is 20.0. The third-order valence-corrected chi connectivity index (χ3v) is 8.14. The Morgan fingerprint density at radius 3 is 2.73 bits per heavy atom. The molecule has 3 heterocycles. The van der Waals surface area contributed by atoms with Crippen LogP contribution < -0.4 is 5.32 Å². The van der Waals surface area contributed by atoms with E-state index >= 15 is 0 Å². The Morgan fingerprint density at radius 2 is 1.85 bits per heavy atom. The molecule has 0 radical (unpaired) electrons. The van der Waals surface area contributed by atoms with Gasteiger partial charge in [-0.25, -0.2) is 9.97 Å². The summed E-state index contributed by atoms with van der Waals surface area (Å²) in [4.78, 5) is 15.2. The molecule has 2 aromatic heterocycles. The Labute approximate surface area is 198 Å². The van der Waals surface area contributed by atoms with Gasteiger partial charge in [-0.05, 0) is 60.6 Å². The molecule has 33 heavy (non-hydrogen) atoms. The molecule has 2 aliphatic rings. The summed E-state index contributed by atoms with van der Waals surface area (Å²) >= 11 is 1.88. The second-order valence-electron chi connectivity index (χ2n) is 9.24. The largest absolute Gasteiger partial charge is 0.379 e. The van der Waals surface area contributed by atoms with E-state index in [1.807, 2.05) is 11.3 Å². The number of nitrogens with zero attached hydrogens (tertiary/aromatic N) is 3. The van der Waals surface area contributed by atoms with Crippen molar-refractivity contribution >= 4 is 38.1 Å². The minimum Gasteiger partial charge on any atom is -0.379 e. The summed E-state index contributed by atoms with van der Waals surface area (Å²) in [6.07, 6.45) is 4.85. The van der Waals surface area contributed by atoms with Gasteiger partial charge in [-0.15, -0.1) is 11.3 Å². The monoisotopic (exact) mass is 458 g/mol. The number of hydrogen-bond donors (Lipinski definition) is 1. The lowest BCUT2D eigenvalue weighted by Gasteiger charge is -2.26. The van der Waals surface area contributed by atoms with Crippen LogP contribution in [0.15, 0.2) is 42.5 Å². The molecule has 0 amide bonds. The van der Waals surface area contributed by atoms with Crippen molar-refractivity contribution in [2.45, 2.75) is 45.2 Å². The maximum atomic E-state index is 5.53. The van der Waals surface area contributed by atoms with Crippen molar-refractivity contribution in [3.05, 3.63) is 64.3 Å². The summed E-state index contributed by atoms with van der Waals surface area (Å²) in [5.41, 5.74) is 2.76. The van der Waals surface area contributed by atoms with Gasteiger partial charge in [-0.3, -0.25) is 4.90 Å². The lowest BCUT2D eigenvalue weighted by molar-refractivity contribution is 0.0331. The van der Waals surface area contributed by atoms with Crippen LogP contribution in [-0.4, -0.2) is 41.2 Å². The van der Waals surface area contributed by atoms with Gasteiger partial charge in [0, 0.05) is 24.0 Å². The molecule has 1 aliphatic carbocycles. The van der Waals surface area contributed by atoms with Gasteiger partial charge in [0.25, 0.3) is 0 Å². The van der Waals surface area contributed by atoms with E-state index in [2.05, 4.69) is 59.6 Å². The van der Waals surface area contributed by atoms with Gasteiger partial charge in [0.05, 0.1) is 25.1 Å². The quantitative estimate of drug-likeness (QED) is 0.414. The molecule has 1 atom stereocenters. The third-order valence-electron chi connectivity index (χ3n) is 6.96. The van der Waals surface area contributed by atoms with E-state index in [4.69, 9.17) is 14.7 Å². The number of rotatable bonds is 5. The first-order valence-electron chi connectivity index (χ1n) is 12.1. The summed E-state index contributed by atoms with van der Waals surface area (Å²) in [7, 11) is 0. The predicted molar refractivity (Wildman–Crippen MR) is 136 cm³/mol. The van der Waals surface area contributed by atoms with E-state index in [9.17, 15) is 0 Å². The fraction of sp³-hybridized carbons (Fsp3) is 0.407. The van der Waals surface area contributed by atoms with Crippen molar-refractivity contribution in [3.8, 4) is 0 Å². The Morgan fingerprint density at radius 1 is 1.03 bits per heavy atom. The Kier molecular flexibility index (Phi) is 5.74. The number of anilines is 1. The molecule has 6 heteroatoms. The molecule has 0 saturated carbocycles. The van der Waals surface area contributed by atoms with Crippen LogP contribution in [0.4, 0.5) is 5.82 Å². The molecule has 2 aromatic carbocycles. The zero-order chi connectivity index (χ0) is 22.2. The highest BCUT2D eigenvalue weighted by Gasteiger charge is 2.23. The minimum absolute atomic E-state index is 0.156. The van der Waals surface area contributed by atoms with Gasteiger partial charge in [0.15, 0.2) is 0 Å². The van der Waals surface area contributed by atoms with Gasteiger partial charge >= 0.3 is 0 Å². The second kappa shape index (κ2) is 9.01. The molecule has 6 rings (SSSR count). The van der Waals surface area contributed by atoms with Crippen molar-refractivity contribution in [2.24, 2.45) is 0 Å². The number of morpholine rings is 1. The van der Waals surface area contributed by atoms with Gasteiger partial charge in [-0.2, -0.15) is 0 Å². The van der Waals surface area contributed by atoms with E-state index in [0.29, 0.717) is 0 Å². The third kappa shape index (κ3) is 4.23. The average Bonchev–Trinajstić information content (AvgIpc) is 3.23. The van der Waals surface area contributed by atoms with Crippen molar-refractivity contribution < 1.29 is 4.74 Å². The molecule has 1 saturated heterocycles. The van der Waals surface area contributed by atoms with Crippen LogP contribution in [0, 0.1) is 0 Å². The standard InChI is InChI=1S/C27H30N4OS/c1-18(20-11-10-19-6-2-3-7-21(19)16-20)28-26-25-22-8-4-5-9-23(22)33-27(25)30-24(29-26)17-31-12-14-32-15-13-31/h2-3,6-7,10-11,16,18H,4-5,8-9,12-15,17H2,1H3,(H,28,29,30)/t18-/m0/s1. The maximum Gasteiger partial charge on any atom is 0.146 e. The van der Waals surface area contributed by atoms with Crippen LogP contribution in [0.2, 0.25) is 0 Å².